The molecule has 2 aromatic heterocycles. The number of aromatic nitrogens is 4. The molecule has 0 N–H and O–H groups in total. The number of nitrogens with zero attached hydrogens (tertiary/aromatic N) is 4. The quantitative estimate of drug-likeness (QED) is 0.690. The van der Waals surface area contributed by atoms with Gasteiger partial charge in [-0.05, 0) is 12.1 Å². The summed E-state index contributed by atoms with van der Waals surface area (Å²) in [7, 11) is 3.04. The van der Waals surface area contributed by atoms with Crippen LogP contribution in [-0.2, 0) is 20.6 Å². The smallest absolute Gasteiger partial charge is 0.332 e. The molecule has 1 aliphatic heterocycles. The minimum atomic E-state index is -0.409. The molecule has 8 nitrogen and oxygen atoms in total. The van der Waals surface area contributed by atoms with E-state index in [-0.39, 0.29) is 11.7 Å². The lowest BCUT2D eigenvalue weighted by molar-refractivity contribution is 0.144. The monoisotopic (exact) mass is 328 g/mol. The van der Waals surface area contributed by atoms with Gasteiger partial charge in [0, 0.05) is 14.1 Å². The molecule has 24 heavy (non-hydrogen) atoms. The van der Waals surface area contributed by atoms with Crippen molar-refractivity contribution in [1.29, 1.82) is 0 Å². The number of ether oxygens (including phenoxy) is 2. The standard InChI is InChI=1S/C16H16N4O4/c1-18-13-12(14(21)19(2)16(18)22)20-8-11(24-15(20)17-13)9-23-10-6-4-3-5-7-10/h3-7,11H,8-9H2,1-2H3/t11-/m1/s1. The van der Waals surface area contributed by atoms with Crippen LogP contribution in [0, 0.1) is 0 Å². The molecule has 1 aliphatic rings. The Morgan fingerprint density at radius 3 is 2.71 bits per heavy atom. The lowest BCUT2D eigenvalue weighted by Gasteiger charge is -2.11. The van der Waals surface area contributed by atoms with E-state index in [0.717, 1.165) is 10.3 Å². The van der Waals surface area contributed by atoms with Gasteiger partial charge in [-0.3, -0.25) is 18.5 Å². The molecule has 0 spiro atoms. The summed E-state index contributed by atoms with van der Waals surface area (Å²) in [6.07, 6.45) is -0.237. The van der Waals surface area contributed by atoms with Gasteiger partial charge in [0.1, 0.15) is 12.4 Å². The molecule has 1 atom stereocenters. The fraction of sp³-hybridized carbons (Fsp3) is 0.312. The van der Waals surface area contributed by atoms with E-state index >= 15 is 0 Å². The minimum Gasteiger partial charge on any atom is -0.490 e. The fourth-order valence-corrected chi connectivity index (χ4v) is 2.87. The Labute approximate surface area is 136 Å². The highest BCUT2D eigenvalue weighted by Crippen LogP contribution is 2.25. The topological polar surface area (TPSA) is 80.3 Å². The molecule has 0 aliphatic carbocycles. The first-order chi connectivity index (χ1) is 11.6. The first-order valence-electron chi connectivity index (χ1n) is 7.57. The summed E-state index contributed by atoms with van der Waals surface area (Å²) in [6, 6.07) is 9.79. The highest BCUT2D eigenvalue weighted by atomic mass is 16.6. The largest absolute Gasteiger partial charge is 0.490 e. The Morgan fingerprint density at radius 2 is 1.96 bits per heavy atom. The van der Waals surface area contributed by atoms with Crippen LogP contribution < -0.4 is 20.7 Å². The van der Waals surface area contributed by atoms with Crippen LogP contribution in [0.25, 0.3) is 11.2 Å². The first kappa shape index (κ1) is 14.6. The van der Waals surface area contributed by atoms with Gasteiger partial charge in [0.25, 0.3) is 11.6 Å². The summed E-state index contributed by atoms with van der Waals surface area (Å²) in [5.74, 6) is 0.758. The maximum absolute atomic E-state index is 12.4. The van der Waals surface area contributed by atoms with Gasteiger partial charge in [0.15, 0.2) is 17.3 Å². The maximum atomic E-state index is 12.4. The highest BCUT2D eigenvalue weighted by molar-refractivity contribution is 5.72. The van der Waals surface area contributed by atoms with Crippen LogP contribution in [0.1, 0.15) is 0 Å². The Balaban J connectivity index is 1.64. The highest BCUT2D eigenvalue weighted by Gasteiger charge is 2.30. The normalized spacial score (nSPS) is 16.2. The third-order valence-electron chi connectivity index (χ3n) is 4.15. The van der Waals surface area contributed by atoms with Gasteiger partial charge in [0.2, 0.25) is 0 Å². The second-order valence-electron chi connectivity index (χ2n) is 5.75. The molecule has 8 heteroatoms. The van der Waals surface area contributed by atoms with Gasteiger partial charge >= 0.3 is 5.69 Å². The lowest BCUT2D eigenvalue weighted by atomic mass is 10.3. The SMILES string of the molecule is Cn1c(=O)c2c(nc3n2C[C@H](COc2ccccc2)O3)n(C)c1=O. The summed E-state index contributed by atoms with van der Waals surface area (Å²) < 4.78 is 15.6. The Morgan fingerprint density at radius 1 is 1.21 bits per heavy atom. The number of fused-ring (bicyclic) bond motifs is 3. The zero-order valence-corrected chi connectivity index (χ0v) is 13.3. The van der Waals surface area contributed by atoms with Crippen molar-refractivity contribution in [2.45, 2.75) is 12.6 Å². The van der Waals surface area contributed by atoms with E-state index in [4.69, 9.17) is 9.47 Å². The molecule has 0 saturated heterocycles. The number of rotatable bonds is 3. The van der Waals surface area contributed by atoms with Gasteiger partial charge in [0.05, 0.1) is 6.54 Å². The van der Waals surface area contributed by atoms with E-state index in [1.807, 2.05) is 30.3 Å². The zero-order valence-electron chi connectivity index (χ0n) is 13.3. The molecule has 0 bridgehead atoms. The third-order valence-corrected chi connectivity index (χ3v) is 4.15. The van der Waals surface area contributed by atoms with Gasteiger partial charge in [-0.15, -0.1) is 0 Å². The van der Waals surface area contributed by atoms with Crippen molar-refractivity contribution in [3.05, 3.63) is 51.2 Å². The molecular formula is C16H16N4O4. The number of hydrogen-bond acceptors (Lipinski definition) is 5. The zero-order chi connectivity index (χ0) is 16.8. The predicted octanol–water partition coefficient (Wildman–Crippen LogP) is 0.274. The molecular weight excluding hydrogens is 312 g/mol. The van der Waals surface area contributed by atoms with E-state index in [9.17, 15) is 9.59 Å². The van der Waals surface area contributed by atoms with Crippen molar-refractivity contribution < 1.29 is 9.47 Å². The number of hydrogen-bond donors (Lipinski definition) is 0. The summed E-state index contributed by atoms with van der Waals surface area (Å²) in [4.78, 5) is 28.7. The van der Waals surface area contributed by atoms with Crippen molar-refractivity contribution in [2.24, 2.45) is 14.1 Å². The first-order valence-corrected chi connectivity index (χ1v) is 7.57. The molecule has 1 aromatic carbocycles. The van der Waals surface area contributed by atoms with E-state index in [1.165, 1.54) is 11.6 Å². The molecule has 0 fully saturated rings. The average Bonchev–Trinajstić information content (AvgIpc) is 3.14. The molecule has 0 unspecified atom stereocenters. The Hall–Kier alpha value is -3.03. The van der Waals surface area contributed by atoms with E-state index < -0.39 is 5.69 Å². The van der Waals surface area contributed by atoms with Crippen molar-refractivity contribution in [2.75, 3.05) is 6.61 Å². The van der Waals surface area contributed by atoms with Crippen LogP contribution in [0.2, 0.25) is 0 Å². The summed E-state index contributed by atoms with van der Waals surface area (Å²) >= 11 is 0. The predicted molar refractivity (Wildman–Crippen MR) is 86.6 cm³/mol. The van der Waals surface area contributed by atoms with Crippen LogP contribution >= 0.6 is 0 Å². The second kappa shape index (κ2) is 5.26. The summed E-state index contributed by atoms with van der Waals surface area (Å²) in [6.45, 7) is 0.799. The van der Waals surface area contributed by atoms with Crippen LogP contribution in [0.15, 0.2) is 39.9 Å². The summed E-state index contributed by atoms with van der Waals surface area (Å²) in [5, 5.41) is 0. The fourth-order valence-electron chi connectivity index (χ4n) is 2.87. The molecule has 0 radical (unpaired) electrons. The Bertz CT molecular complexity index is 1030. The molecule has 0 amide bonds. The van der Waals surface area contributed by atoms with Gasteiger partial charge in [-0.1, -0.05) is 18.2 Å². The molecule has 3 aromatic rings. The number of benzene rings is 1. The van der Waals surface area contributed by atoms with Crippen molar-refractivity contribution in [3.63, 3.8) is 0 Å². The van der Waals surface area contributed by atoms with Crippen LogP contribution in [-0.4, -0.2) is 31.4 Å². The van der Waals surface area contributed by atoms with E-state index in [2.05, 4.69) is 4.98 Å². The van der Waals surface area contributed by atoms with Crippen LogP contribution in [0.4, 0.5) is 0 Å². The minimum absolute atomic E-state index is 0.237. The van der Waals surface area contributed by atoms with Gasteiger partial charge in [-0.2, -0.15) is 4.98 Å². The third kappa shape index (κ3) is 2.10. The summed E-state index contributed by atoms with van der Waals surface area (Å²) in [5.41, 5.74) is -0.0781. The van der Waals surface area contributed by atoms with Crippen LogP contribution in [0.5, 0.6) is 11.8 Å². The molecule has 124 valence electrons. The van der Waals surface area contributed by atoms with Crippen molar-refractivity contribution in [3.8, 4) is 11.8 Å². The van der Waals surface area contributed by atoms with Crippen molar-refractivity contribution >= 4 is 11.2 Å². The van der Waals surface area contributed by atoms with Crippen molar-refractivity contribution in [1.82, 2.24) is 18.7 Å². The van der Waals surface area contributed by atoms with E-state index in [1.54, 1.807) is 11.6 Å². The van der Waals surface area contributed by atoms with Crippen LogP contribution in [0.3, 0.4) is 0 Å². The molecule has 0 saturated carbocycles. The molecule has 3 heterocycles. The lowest BCUT2D eigenvalue weighted by Crippen LogP contribution is -2.37. The Kier molecular flexibility index (Phi) is 3.19. The molecule has 4 rings (SSSR count). The van der Waals surface area contributed by atoms with Gasteiger partial charge < -0.3 is 9.47 Å². The van der Waals surface area contributed by atoms with Gasteiger partial charge in [-0.25, -0.2) is 4.79 Å². The average molecular weight is 328 g/mol. The van der Waals surface area contributed by atoms with E-state index in [0.29, 0.717) is 30.3 Å². The maximum Gasteiger partial charge on any atom is 0.332 e. The number of aryl methyl sites for hydroxylation is 1. The number of para-hydroxylation sites is 1. The number of imidazole rings is 1. The second-order valence-corrected chi connectivity index (χ2v) is 5.75.